The van der Waals surface area contributed by atoms with Crippen LogP contribution in [0, 0.1) is 5.41 Å². The molecule has 0 saturated carbocycles. The van der Waals surface area contributed by atoms with Gasteiger partial charge in [0.05, 0.1) is 11.8 Å². The van der Waals surface area contributed by atoms with E-state index in [0.717, 1.165) is 25.9 Å². The van der Waals surface area contributed by atoms with Crippen molar-refractivity contribution in [2.45, 2.75) is 18.9 Å². The minimum Gasteiger partial charge on any atom is -0.325 e. The summed E-state index contributed by atoms with van der Waals surface area (Å²) in [5.41, 5.74) is 5.70. The summed E-state index contributed by atoms with van der Waals surface area (Å²) in [6, 6.07) is 0.406. The molecule has 1 fully saturated rings. The molecule has 0 spiro atoms. The molecule has 1 saturated heterocycles. The van der Waals surface area contributed by atoms with Gasteiger partial charge >= 0.3 is 0 Å². The number of piperidine rings is 1. The lowest BCUT2D eigenvalue weighted by Gasteiger charge is -2.26. The van der Waals surface area contributed by atoms with Gasteiger partial charge in [-0.05, 0) is 33.0 Å². The monoisotopic (exact) mass is 182 g/mol. The highest BCUT2D eigenvalue weighted by atomic mass is 15.1. The van der Waals surface area contributed by atoms with Crippen molar-refractivity contribution in [2.75, 3.05) is 26.7 Å². The van der Waals surface area contributed by atoms with E-state index >= 15 is 0 Å². The van der Waals surface area contributed by atoms with Crippen LogP contribution in [0.5, 0.6) is 0 Å². The van der Waals surface area contributed by atoms with Crippen molar-refractivity contribution in [1.82, 2.24) is 4.90 Å². The van der Waals surface area contributed by atoms with Crippen LogP contribution in [-0.4, -0.2) is 49.5 Å². The van der Waals surface area contributed by atoms with E-state index in [0.29, 0.717) is 11.8 Å². The van der Waals surface area contributed by atoms with Gasteiger partial charge < -0.3 is 16.0 Å². The molecule has 0 aliphatic carbocycles. The topological polar surface area (TPSA) is 65.5 Å². The predicted octanol–water partition coefficient (Wildman–Crippen LogP) is 0.130. The highest BCUT2D eigenvalue weighted by molar-refractivity contribution is 6.30. The van der Waals surface area contributed by atoms with Crippen LogP contribution >= 0.6 is 0 Å². The van der Waals surface area contributed by atoms with Gasteiger partial charge in [0, 0.05) is 12.8 Å². The Labute approximate surface area is 79.3 Å². The second-order valence-corrected chi connectivity index (χ2v) is 3.54. The zero-order valence-corrected chi connectivity index (χ0v) is 8.16. The largest absolute Gasteiger partial charge is 0.325 e. The Bertz CT molecular complexity index is 192. The molecule has 0 atom stereocenters. The van der Waals surface area contributed by atoms with Crippen LogP contribution in [-0.2, 0) is 0 Å². The lowest BCUT2D eigenvalue weighted by Crippen LogP contribution is -2.32. The first-order chi connectivity index (χ1) is 6.22. The summed E-state index contributed by atoms with van der Waals surface area (Å²) < 4.78 is 0. The number of aliphatic imine (C=N–C) groups is 1. The molecule has 1 aliphatic heterocycles. The van der Waals surface area contributed by atoms with Gasteiger partial charge in [-0.2, -0.15) is 0 Å². The van der Waals surface area contributed by atoms with Gasteiger partial charge in [-0.15, -0.1) is 0 Å². The van der Waals surface area contributed by atoms with E-state index in [1.807, 2.05) is 0 Å². The van der Waals surface area contributed by atoms with Crippen molar-refractivity contribution in [3.8, 4) is 0 Å². The van der Waals surface area contributed by atoms with E-state index in [2.05, 4.69) is 16.9 Å². The number of likely N-dealkylation sites (tertiary alicyclic amines) is 1. The Hall–Kier alpha value is -0.740. The molecule has 1 aliphatic rings. The first-order valence-corrected chi connectivity index (χ1v) is 4.71. The number of nitrogens with zero attached hydrogens (tertiary/aromatic N) is 2. The Kier molecular flexibility index (Phi) is 4.05. The van der Waals surface area contributed by atoms with Gasteiger partial charge in [-0.1, -0.05) is 0 Å². The molecule has 3 N–H and O–H groups in total. The molecule has 1 rings (SSSR count). The molecule has 4 nitrogen and oxygen atoms in total. The van der Waals surface area contributed by atoms with Crippen LogP contribution in [0.3, 0.4) is 0 Å². The van der Waals surface area contributed by atoms with Crippen molar-refractivity contribution >= 4 is 11.9 Å². The summed E-state index contributed by atoms with van der Waals surface area (Å²) in [6.45, 7) is 2.51. The van der Waals surface area contributed by atoms with Crippen LogP contribution in [0.4, 0.5) is 0 Å². The molecule has 0 aromatic heterocycles. The molecule has 13 heavy (non-hydrogen) atoms. The normalized spacial score (nSPS) is 21.1. The maximum absolute atomic E-state index is 7.31. The van der Waals surface area contributed by atoms with Crippen LogP contribution in [0.25, 0.3) is 0 Å². The smallest absolute Gasteiger partial charge is 0.0627 e. The highest BCUT2D eigenvalue weighted by Crippen LogP contribution is 2.10. The lowest BCUT2D eigenvalue weighted by molar-refractivity contribution is 0.257. The van der Waals surface area contributed by atoms with Crippen molar-refractivity contribution in [3.63, 3.8) is 0 Å². The van der Waals surface area contributed by atoms with Gasteiger partial charge in [0.25, 0.3) is 0 Å². The molecule has 4 heteroatoms. The van der Waals surface area contributed by atoms with Gasteiger partial charge in [-0.25, -0.2) is 0 Å². The molecule has 1 heterocycles. The molecule has 0 bridgehead atoms. The standard InChI is InChI=1S/C9H18N4/c1-13-4-2-9(3-5-13)12-7-8(11)6-10/h7,9,11H,2-6,10H2,1H3. The van der Waals surface area contributed by atoms with Gasteiger partial charge in [0.15, 0.2) is 0 Å². The highest BCUT2D eigenvalue weighted by Gasteiger charge is 2.14. The van der Waals surface area contributed by atoms with Crippen molar-refractivity contribution < 1.29 is 0 Å². The average molecular weight is 182 g/mol. The predicted molar refractivity (Wildman–Crippen MR) is 55.8 cm³/mol. The summed E-state index contributed by atoms with van der Waals surface area (Å²) >= 11 is 0. The van der Waals surface area contributed by atoms with Crippen LogP contribution in [0.2, 0.25) is 0 Å². The fraction of sp³-hybridized carbons (Fsp3) is 0.778. The second kappa shape index (κ2) is 5.09. The van der Waals surface area contributed by atoms with Gasteiger partial charge in [0.1, 0.15) is 0 Å². The van der Waals surface area contributed by atoms with Gasteiger partial charge in [-0.3, -0.25) is 4.99 Å². The number of hydrogen-bond donors (Lipinski definition) is 2. The fourth-order valence-electron chi connectivity index (χ4n) is 1.39. The molecule has 74 valence electrons. The van der Waals surface area contributed by atoms with E-state index in [1.165, 1.54) is 0 Å². The zero-order chi connectivity index (χ0) is 9.68. The molecular formula is C9H18N4. The second-order valence-electron chi connectivity index (χ2n) is 3.54. The fourth-order valence-corrected chi connectivity index (χ4v) is 1.39. The molecule has 0 aromatic carbocycles. The molecule has 0 aromatic rings. The average Bonchev–Trinajstić information content (AvgIpc) is 2.16. The van der Waals surface area contributed by atoms with Crippen molar-refractivity contribution in [1.29, 1.82) is 5.41 Å². The Morgan fingerprint density at radius 3 is 2.77 bits per heavy atom. The van der Waals surface area contributed by atoms with Crippen molar-refractivity contribution in [3.05, 3.63) is 0 Å². The third-order valence-electron chi connectivity index (χ3n) is 2.35. The SMILES string of the molecule is CN1CCC(N=CC(=N)CN)CC1. The number of hydrogen-bond acceptors (Lipinski definition) is 4. The summed E-state index contributed by atoms with van der Waals surface area (Å²) in [6.07, 6.45) is 3.81. The van der Waals surface area contributed by atoms with E-state index in [1.54, 1.807) is 6.21 Å². The quantitative estimate of drug-likeness (QED) is 0.609. The van der Waals surface area contributed by atoms with Crippen LogP contribution in [0.1, 0.15) is 12.8 Å². The van der Waals surface area contributed by atoms with Crippen LogP contribution in [0.15, 0.2) is 4.99 Å². The summed E-state index contributed by atoms with van der Waals surface area (Å²) in [4.78, 5) is 6.64. The summed E-state index contributed by atoms with van der Waals surface area (Å²) in [5.74, 6) is 0. The van der Waals surface area contributed by atoms with E-state index < -0.39 is 0 Å². The van der Waals surface area contributed by atoms with E-state index in [-0.39, 0.29) is 6.54 Å². The Morgan fingerprint density at radius 1 is 1.62 bits per heavy atom. The first kappa shape index (κ1) is 10.3. The lowest BCUT2D eigenvalue weighted by atomic mass is 10.1. The third-order valence-corrected chi connectivity index (χ3v) is 2.35. The molecular weight excluding hydrogens is 164 g/mol. The van der Waals surface area contributed by atoms with Crippen LogP contribution < -0.4 is 5.73 Å². The number of nitrogens with one attached hydrogen (secondary N) is 1. The van der Waals surface area contributed by atoms with Crippen molar-refractivity contribution in [2.24, 2.45) is 10.7 Å². The summed E-state index contributed by atoms with van der Waals surface area (Å²) in [5, 5.41) is 7.31. The molecule has 0 radical (unpaired) electrons. The number of rotatable bonds is 3. The van der Waals surface area contributed by atoms with Gasteiger partial charge in [0.2, 0.25) is 0 Å². The minimum atomic E-state index is 0.288. The number of nitrogens with two attached hydrogens (primary N) is 1. The first-order valence-electron chi connectivity index (χ1n) is 4.71. The maximum Gasteiger partial charge on any atom is 0.0627 e. The van der Waals surface area contributed by atoms with E-state index in [9.17, 15) is 0 Å². The maximum atomic E-state index is 7.31. The molecule has 0 amide bonds. The summed E-state index contributed by atoms with van der Waals surface area (Å²) in [7, 11) is 2.13. The van der Waals surface area contributed by atoms with E-state index in [4.69, 9.17) is 11.1 Å². The zero-order valence-electron chi connectivity index (χ0n) is 8.16. The Morgan fingerprint density at radius 2 is 2.23 bits per heavy atom. The molecule has 0 unspecified atom stereocenters. The minimum absolute atomic E-state index is 0.288. The Balaban J connectivity index is 2.29. The third kappa shape index (κ3) is 3.65.